The molecule has 1 amide bonds. The fraction of sp³-hybridized carbons (Fsp3) is 0.438. The second kappa shape index (κ2) is 6.03. The third kappa shape index (κ3) is 2.36. The molecule has 2 aromatic rings. The van der Waals surface area contributed by atoms with Crippen LogP contribution in [0, 0.1) is 12.7 Å². The van der Waals surface area contributed by atoms with E-state index in [1.54, 1.807) is 27.8 Å². The normalized spacial score (nSPS) is 23.0. The van der Waals surface area contributed by atoms with Crippen molar-refractivity contribution in [3.8, 4) is 0 Å². The number of benzene rings is 1. The molecule has 0 saturated carbocycles. The van der Waals surface area contributed by atoms with Crippen molar-refractivity contribution in [2.75, 3.05) is 30.4 Å². The predicted octanol–water partition coefficient (Wildman–Crippen LogP) is 2.16. The lowest BCUT2D eigenvalue weighted by molar-refractivity contribution is -0.118. The van der Waals surface area contributed by atoms with Gasteiger partial charge < -0.3 is 10.2 Å². The number of piperazine rings is 1. The van der Waals surface area contributed by atoms with Crippen LogP contribution in [0.4, 0.5) is 15.9 Å². The van der Waals surface area contributed by atoms with Crippen LogP contribution in [0.15, 0.2) is 4.79 Å². The molecule has 0 spiro atoms. The summed E-state index contributed by atoms with van der Waals surface area (Å²) in [6, 6.07) is -0.395. The quantitative estimate of drug-likeness (QED) is 0.572. The molecule has 1 saturated heterocycles. The van der Waals surface area contributed by atoms with Crippen LogP contribution < -0.4 is 15.9 Å². The van der Waals surface area contributed by atoms with Gasteiger partial charge in [-0.2, -0.15) is 4.98 Å². The minimum absolute atomic E-state index is 0.0880. The third-order valence-electron chi connectivity index (χ3n) is 5.24. The highest BCUT2D eigenvalue weighted by molar-refractivity contribution is 14.1. The number of nitrogens with zero attached hydrogens (tertiary/aromatic N) is 4. The van der Waals surface area contributed by atoms with Gasteiger partial charge in [0.25, 0.3) is 0 Å². The molecule has 10 heteroatoms. The maximum Gasteiger partial charge on any atom is 0.359 e. The van der Waals surface area contributed by atoms with Crippen LogP contribution in [-0.2, 0) is 4.79 Å². The number of rotatable bonds is 0. The molecule has 0 radical (unpaired) electrons. The summed E-state index contributed by atoms with van der Waals surface area (Å²) in [4.78, 5) is 33.3. The number of anilines is 2. The molecule has 4 rings (SSSR count). The lowest BCUT2D eigenvalue weighted by atomic mass is 10.1. The van der Waals surface area contributed by atoms with Gasteiger partial charge in [-0.15, -0.1) is 0 Å². The van der Waals surface area contributed by atoms with Crippen molar-refractivity contribution in [1.82, 2.24) is 12.7 Å². The van der Waals surface area contributed by atoms with E-state index in [1.165, 1.54) is 6.92 Å². The maximum atomic E-state index is 15.0. The Labute approximate surface area is 167 Å². The number of aromatic nitrogens is 2. The van der Waals surface area contributed by atoms with Gasteiger partial charge in [0.05, 0.1) is 39.0 Å². The van der Waals surface area contributed by atoms with E-state index in [-0.39, 0.29) is 28.1 Å². The highest BCUT2D eigenvalue weighted by atomic mass is 127. The number of nitrogens with one attached hydrogen (secondary N) is 1. The predicted molar refractivity (Wildman–Crippen MR) is 107 cm³/mol. The molecule has 3 heterocycles. The summed E-state index contributed by atoms with van der Waals surface area (Å²) < 4.78 is 16.1. The van der Waals surface area contributed by atoms with Gasteiger partial charge in [0, 0.05) is 24.7 Å². The van der Waals surface area contributed by atoms with Crippen molar-refractivity contribution >= 4 is 62.8 Å². The molecule has 2 unspecified atom stereocenters. The molecule has 7 nitrogen and oxygen atoms in total. The maximum absolute atomic E-state index is 15.0. The van der Waals surface area contributed by atoms with Crippen LogP contribution in [0.1, 0.15) is 12.5 Å². The molecule has 2 aliphatic heterocycles. The van der Waals surface area contributed by atoms with E-state index in [9.17, 15) is 14.0 Å². The van der Waals surface area contributed by atoms with Crippen LogP contribution in [0.2, 0.25) is 5.02 Å². The van der Waals surface area contributed by atoms with Crippen LogP contribution in [-0.4, -0.2) is 50.8 Å². The first-order valence-electron chi connectivity index (χ1n) is 8.10. The van der Waals surface area contributed by atoms with E-state index in [1.807, 2.05) is 14.0 Å². The lowest BCUT2D eigenvalue weighted by Crippen LogP contribution is -2.60. The van der Waals surface area contributed by atoms with E-state index >= 15 is 0 Å². The Bertz CT molecular complexity index is 1030. The lowest BCUT2D eigenvalue weighted by Gasteiger charge is -2.42. The van der Waals surface area contributed by atoms with Gasteiger partial charge >= 0.3 is 5.69 Å². The fourth-order valence-corrected chi connectivity index (χ4v) is 4.37. The largest absolute Gasteiger partial charge is 0.359 e. The minimum Gasteiger partial charge on any atom is -0.341 e. The second-order valence-electron chi connectivity index (χ2n) is 6.80. The summed E-state index contributed by atoms with van der Waals surface area (Å²) in [5.41, 5.74) is -0.00522. The van der Waals surface area contributed by atoms with E-state index in [0.717, 1.165) is 2.78 Å². The molecule has 2 atom stereocenters. The van der Waals surface area contributed by atoms with E-state index < -0.39 is 17.5 Å². The molecule has 26 heavy (non-hydrogen) atoms. The summed E-state index contributed by atoms with van der Waals surface area (Å²) in [5, 5.41) is 3.33. The number of fused-ring (bicyclic) bond motifs is 2. The zero-order chi connectivity index (χ0) is 18.9. The molecular weight excluding hydrogens is 476 g/mol. The summed E-state index contributed by atoms with van der Waals surface area (Å²) in [5.74, 6) is -0.529. The zero-order valence-corrected chi connectivity index (χ0v) is 17.2. The molecule has 1 aromatic heterocycles. The third-order valence-corrected chi connectivity index (χ3v) is 6.60. The van der Waals surface area contributed by atoms with Crippen molar-refractivity contribution in [2.24, 2.45) is 0 Å². The van der Waals surface area contributed by atoms with Crippen molar-refractivity contribution in [3.63, 3.8) is 0 Å². The average Bonchev–Trinajstić information content (AvgIpc) is 2.70. The average molecular weight is 492 g/mol. The monoisotopic (exact) mass is 491 g/mol. The Hall–Kier alpha value is -1.46. The van der Waals surface area contributed by atoms with Gasteiger partial charge in [-0.05, 0) is 20.9 Å². The highest BCUT2D eigenvalue weighted by Gasteiger charge is 2.40. The molecule has 1 N–H and O–H groups in total. The Morgan fingerprint density at radius 3 is 2.73 bits per heavy atom. The minimum atomic E-state index is -0.584. The molecule has 138 valence electrons. The number of halogens is 3. The van der Waals surface area contributed by atoms with Crippen LogP contribution in [0.25, 0.3) is 10.9 Å². The summed E-state index contributed by atoms with van der Waals surface area (Å²) >= 11 is 8.09. The number of hydrogen-bond donors (Lipinski definition) is 1. The van der Waals surface area contributed by atoms with Crippen LogP contribution in [0.3, 0.4) is 0 Å². The van der Waals surface area contributed by atoms with E-state index in [4.69, 9.17) is 11.6 Å². The van der Waals surface area contributed by atoms with Gasteiger partial charge in [0.15, 0.2) is 5.82 Å². The fourth-order valence-electron chi connectivity index (χ4n) is 3.58. The van der Waals surface area contributed by atoms with Crippen molar-refractivity contribution in [2.45, 2.75) is 25.9 Å². The summed E-state index contributed by atoms with van der Waals surface area (Å²) in [7, 11) is 1.94. The Balaban J connectivity index is 2.14. The Morgan fingerprint density at radius 2 is 2.04 bits per heavy atom. The molecule has 1 aromatic carbocycles. The van der Waals surface area contributed by atoms with Gasteiger partial charge in [-0.25, -0.2) is 12.0 Å². The number of likely N-dealkylation sites (N-methyl/N-ethyl adjacent to an activating group) is 1. The number of hydrogen-bond acceptors (Lipinski definition) is 5. The van der Waals surface area contributed by atoms with E-state index in [0.29, 0.717) is 30.0 Å². The topological polar surface area (TPSA) is 70.5 Å². The highest BCUT2D eigenvalue weighted by Crippen LogP contribution is 2.43. The first kappa shape index (κ1) is 17.9. The van der Waals surface area contributed by atoms with Crippen molar-refractivity contribution in [3.05, 3.63) is 26.9 Å². The molecule has 0 aliphatic carbocycles. The van der Waals surface area contributed by atoms with Crippen molar-refractivity contribution in [1.29, 1.82) is 0 Å². The molecular formula is C16H16ClFIN5O2. The SMILES string of the molecule is Cc1c(Cl)c2c3c(nc(=O)n(I)c3c1F)N1CC(C)N(C)CC1C(=O)N2. The molecule has 1 fully saturated rings. The number of carbonyl (C=O) groups excluding carboxylic acids is 1. The van der Waals surface area contributed by atoms with Crippen LogP contribution >= 0.6 is 34.5 Å². The molecule has 0 bridgehead atoms. The van der Waals surface area contributed by atoms with Gasteiger partial charge in [-0.1, -0.05) is 11.6 Å². The smallest absolute Gasteiger partial charge is 0.341 e. The van der Waals surface area contributed by atoms with E-state index in [2.05, 4.69) is 15.2 Å². The zero-order valence-electron chi connectivity index (χ0n) is 14.3. The van der Waals surface area contributed by atoms with Gasteiger partial charge in [-0.3, -0.25) is 9.69 Å². The van der Waals surface area contributed by atoms with Gasteiger partial charge in [0.2, 0.25) is 5.91 Å². The first-order valence-corrected chi connectivity index (χ1v) is 9.44. The number of carbonyl (C=O) groups is 1. The van der Waals surface area contributed by atoms with Crippen molar-refractivity contribution < 1.29 is 9.18 Å². The standard InChI is InChI=1S/C16H16ClFIN5O2/c1-6-4-23-8(5-22(6)3)15(25)20-12-9-13(11(18)7(2)10(12)17)24(19)16(26)21-14(9)23/h6,8H,4-5H2,1-3H3,(H,20,25). The first-order chi connectivity index (χ1) is 12.2. The second-order valence-corrected chi connectivity index (χ2v) is 8.14. The molecule has 2 aliphatic rings. The number of amides is 1. The summed E-state index contributed by atoms with van der Waals surface area (Å²) in [6.07, 6.45) is 0. The van der Waals surface area contributed by atoms with Gasteiger partial charge in [0.1, 0.15) is 17.4 Å². The van der Waals surface area contributed by atoms with Crippen LogP contribution in [0.5, 0.6) is 0 Å². The summed E-state index contributed by atoms with van der Waals surface area (Å²) in [6.45, 7) is 4.51. The Kier molecular flexibility index (Phi) is 4.16. The Morgan fingerprint density at radius 1 is 1.35 bits per heavy atom.